The minimum atomic E-state index is -0.0821. The zero-order valence-corrected chi connectivity index (χ0v) is 18.7. The zero-order chi connectivity index (χ0) is 21.1. The molecule has 1 amide bonds. The summed E-state index contributed by atoms with van der Waals surface area (Å²) in [4.78, 5) is 32.6. The van der Waals surface area contributed by atoms with Crippen LogP contribution in [0.3, 0.4) is 0 Å². The molecule has 1 aliphatic carbocycles. The first-order chi connectivity index (χ1) is 14.6. The van der Waals surface area contributed by atoms with Crippen molar-refractivity contribution in [2.45, 2.75) is 50.4 Å². The first-order valence-electron chi connectivity index (χ1n) is 10.2. The molecule has 4 rings (SSSR count). The van der Waals surface area contributed by atoms with Crippen LogP contribution in [0.1, 0.15) is 41.8 Å². The standard InChI is InChI=1S/C23H25N3O2S2/c1-3-13-26-22(28)20-17-11-7-8-12-18(17)30-21(20)25-23(26)29-14-19(27)24-15(2)16-9-5-4-6-10-16/h3-6,9-10,15H,1,7-8,11-14H2,2H3,(H,24,27)/t15-/m1/s1. The number of thioether (sulfide) groups is 1. The highest BCUT2D eigenvalue weighted by Gasteiger charge is 2.22. The van der Waals surface area contributed by atoms with E-state index in [2.05, 4.69) is 11.9 Å². The third kappa shape index (κ3) is 4.23. The third-order valence-corrected chi connectivity index (χ3v) is 7.52. The lowest BCUT2D eigenvalue weighted by Gasteiger charge is -2.15. The summed E-state index contributed by atoms with van der Waals surface area (Å²) < 4.78 is 1.65. The van der Waals surface area contributed by atoms with E-state index in [9.17, 15) is 9.59 Å². The SMILES string of the molecule is C=CCn1c(SCC(=O)N[C@H](C)c2ccccc2)nc2sc3c(c2c1=O)CCCC3. The maximum Gasteiger partial charge on any atom is 0.263 e. The quantitative estimate of drug-likeness (QED) is 0.335. The van der Waals surface area contributed by atoms with E-state index in [4.69, 9.17) is 4.98 Å². The molecule has 0 aliphatic heterocycles. The highest BCUT2D eigenvalue weighted by molar-refractivity contribution is 7.99. The van der Waals surface area contributed by atoms with Crippen LogP contribution in [0.15, 0.2) is 52.9 Å². The van der Waals surface area contributed by atoms with E-state index in [1.165, 1.54) is 28.6 Å². The Morgan fingerprint density at radius 2 is 2.10 bits per heavy atom. The Bertz CT molecular complexity index is 1130. The number of allylic oxidation sites excluding steroid dienone is 1. The van der Waals surface area contributed by atoms with Gasteiger partial charge in [0.05, 0.1) is 17.2 Å². The predicted molar refractivity (Wildman–Crippen MR) is 124 cm³/mol. The molecule has 0 unspecified atom stereocenters. The van der Waals surface area contributed by atoms with Crippen molar-refractivity contribution in [2.75, 3.05) is 5.75 Å². The van der Waals surface area contributed by atoms with Gasteiger partial charge in [-0.25, -0.2) is 4.98 Å². The summed E-state index contributed by atoms with van der Waals surface area (Å²) in [6.45, 7) is 6.14. The number of rotatable bonds is 7. The number of hydrogen-bond donors (Lipinski definition) is 1. The number of thiophene rings is 1. The molecule has 0 fully saturated rings. The van der Waals surface area contributed by atoms with Crippen molar-refractivity contribution >= 4 is 39.2 Å². The van der Waals surface area contributed by atoms with Gasteiger partial charge in [-0.3, -0.25) is 14.2 Å². The van der Waals surface area contributed by atoms with Gasteiger partial charge in [-0.1, -0.05) is 48.2 Å². The number of hydrogen-bond acceptors (Lipinski definition) is 5. The fraction of sp³-hybridized carbons (Fsp3) is 0.348. The summed E-state index contributed by atoms with van der Waals surface area (Å²) in [6.07, 6.45) is 5.97. The summed E-state index contributed by atoms with van der Waals surface area (Å²) in [5.74, 6) is 0.124. The van der Waals surface area contributed by atoms with Crippen LogP contribution in [0, 0.1) is 0 Å². The monoisotopic (exact) mass is 439 g/mol. The van der Waals surface area contributed by atoms with Crippen LogP contribution >= 0.6 is 23.1 Å². The number of nitrogens with zero attached hydrogens (tertiary/aromatic N) is 2. The molecule has 0 bridgehead atoms. The smallest absolute Gasteiger partial charge is 0.263 e. The van der Waals surface area contributed by atoms with Crippen LogP contribution in [-0.4, -0.2) is 21.2 Å². The second kappa shape index (κ2) is 9.18. The topological polar surface area (TPSA) is 64.0 Å². The molecular formula is C23H25N3O2S2. The summed E-state index contributed by atoms with van der Waals surface area (Å²) in [6, 6.07) is 9.79. The third-order valence-electron chi connectivity index (χ3n) is 5.36. The van der Waals surface area contributed by atoms with Gasteiger partial charge in [0.15, 0.2) is 5.16 Å². The highest BCUT2D eigenvalue weighted by Crippen LogP contribution is 2.34. The summed E-state index contributed by atoms with van der Waals surface area (Å²) in [7, 11) is 0. The Balaban J connectivity index is 1.56. The second-order valence-electron chi connectivity index (χ2n) is 7.48. The van der Waals surface area contributed by atoms with Gasteiger partial charge >= 0.3 is 0 Å². The first-order valence-corrected chi connectivity index (χ1v) is 12.0. The molecule has 2 heterocycles. The van der Waals surface area contributed by atoms with Crippen LogP contribution in [0.25, 0.3) is 10.2 Å². The van der Waals surface area contributed by atoms with Crippen molar-refractivity contribution in [3.05, 3.63) is 69.3 Å². The van der Waals surface area contributed by atoms with E-state index in [1.54, 1.807) is 22.0 Å². The molecule has 3 aromatic rings. The van der Waals surface area contributed by atoms with Gasteiger partial charge in [0.25, 0.3) is 5.56 Å². The van der Waals surface area contributed by atoms with Gasteiger partial charge in [-0.2, -0.15) is 0 Å². The van der Waals surface area contributed by atoms with E-state index in [0.717, 1.165) is 35.0 Å². The maximum absolute atomic E-state index is 13.2. The van der Waals surface area contributed by atoms with Crippen LogP contribution in [-0.2, 0) is 24.2 Å². The normalized spacial score (nSPS) is 14.3. The van der Waals surface area contributed by atoms with Crippen molar-refractivity contribution in [1.82, 2.24) is 14.9 Å². The fourth-order valence-electron chi connectivity index (χ4n) is 3.86. The Morgan fingerprint density at radius 1 is 1.33 bits per heavy atom. The van der Waals surface area contributed by atoms with Crippen molar-refractivity contribution in [3.8, 4) is 0 Å². The molecule has 1 atom stereocenters. The average molecular weight is 440 g/mol. The number of fused-ring (bicyclic) bond motifs is 3. The van der Waals surface area contributed by atoms with E-state index < -0.39 is 0 Å². The Kier molecular flexibility index (Phi) is 6.39. The number of carbonyl (C=O) groups excluding carboxylic acids is 1. The first kappa shape index (κ1) is 20.9. The lowest BCUT2D eigenvalue weighted by atomic mass is 9.97. The van der Waals surface area contributed by atoms with E-state index in [0.29, 0.717) is 11.7 Å². The van der Waals surface area contributed by atoms with E-state index in [-0.39, 0.29) is 23.3 Å². The minimum absolute atomic E-state index is 0.0140. The maximum atomic E-state index is 13.2. The average Bonchev–Trinajstić information content (AvgIpc) is 3.13. The molecule has 0 spiro atoms. The molecule has 156 valence electrons. The molecule has 2 aromatic heterocycles. The molecular weight excluding hydrogens is 414 g/mol. The van der Waals surface area contributed by atoms with Gasteiger partial charge in [0.2, 0.25) is 5.91 Å². The minimum Gasteiger partial charge on any atom is -0.349 e. The lowest BCUT2D eigenvalue weighted by molar-refractivity contribution is -0.119. The van der Waals surface area contributed by atoms with Crippen molar-refractivity contribution in [3.63, 3.8) is 0 Å². The van der Waals surface area contributed by atoms with Crippen molar-refractivity contribution in [1.29, 1.82) is 0 Å². The van der Waals surface area contributed by atoms with E-state index in [1.807, 2.05) is 37.3 Å². The highest BCUT2D eigenvalue weighted by atomic mass is 32.2. The summed E-state index contributed by atoms with van der Waals surface area (Å²) in [5.41, 5.74) is 2.23. The lowest BCUT2D eigenvalue weighted by Crippen LogP contribution is -2.29. The van der Waals surface area contributed by atoms with Crippen LogP contribution in [0.4, 0.5) is 0 Å². The molecule has 1 N–H and O–H groups in total. The van der Waals surface area contributed by atoms with E-state index >= 15 is 0 Å². The van der Waals surface area contributed by atoms with Crippen LogP contribution in [0.5, 0.6) is 0 Å². The van der Waals surface area contributed by atoms with Gasteiger partial charge in [0, 0.05) is 11.4 Å². The Morgan fingerprint density at radius 3 is 2.87 bits per heavy atom. The molecule has 0 radical (unpaired) electrons. The Labute approximate surface area is 184 Å². The predicted octanol–water partition coefficient (Wildman–Crippen LogP) is 4.49. The molecule has 0 saturated carbocycles. The number of amides is 1. The molecule has 1 aromatic carbocycles. The number of nitrogens with one attached hydrogen (secondary N) is 1. The summed E-state index contributed by atoms with van der Waals surface area (Å²) in [5, 5.41) is 4.36. The second-order valence-corrected chi connectivity index (χ2v) is 9.50. The number of aromatic nitrogens is 2. The molecule has 30 heavy (non-hydrogen) atoms. The molecule has 5 nitrogen and oxygen atoms in total. The van der Waals surface area contributed by atoms with Gasteiger partial charge < -0.3 is 5.32 Å². The molecule has 1 aliphatic rings. The molecule has 7 heteroatoms. The van der Waals surface area contributed by atoms with Crippen molar-refractivity contribution < 1.29 is 4.79 Å². The van der Waals surface area contributed by atoms with Crippen LogP contribution in [0.2, 0.25) is 0 Å². The fourth-order valence-corrected chi connectivity index (χ4v) is 5.98. The van der Waals surface area contributed by atoms with Gasteiger partial charge in [0.1, 0.15) is 4.83 Å². The van der Waals surface area contributed by atoms with Gasteiger partial charge in [-0.15, -0.1) is 17.9 Å². The largest absolute Gasteiger partial charge is 0.349 e. The zero-order valence-electron chi connectivity index (χ0n) is 17.0. The number of benzene rings is 1. The number of carbonyl (C=O) groups is 1. The summed E-state index contributed by atoms with van der Waals surface area (Å²) >= 11 is 2.94. The number of aryl methyl sites for hydroxylation is 2. The van der Waals surface area contributed by atoms with Crippen molar-refractivity contribution in [2.24, 2.45) is 0 Å². The molecule has 0 saturated heterocycles. The van der Waals surface area contributed by atoms with Crippen LogP contribution < -0.4 is 10.9 Å². The van der Waals surface area contributed by atoms with Gasteiger partial charge in [-0.05, 0) is 43.7 Å². The Hall–Kier alpha value is -2.38.